The SMILES string of the molecule is CCCCCOc1ccc(-c2ncc(C(=O)N[C@@H](CCN)C(=O)N(C)[C@@H]3C(=O)N[C@@H](C)C(=O)N[C@H](C(=O)NCC#N)Cc4ccc(OCCN)c(c4)-c4cc3ccc4OCCN)c(C)n2)c(C)c1. The van der Waals surface area contributed by atoms with Gasteiger partial charge in [-0.3, -0.25) is 24.0 Å². The topological polar surface area (TPSA) is 292 Å². The Hall–Kier alpha value is -7.14. The molecule has 4 bridgehead atoms. The molecule has 10 N–H and O–H groups in total. The van der Waals surface area contributed by atoms with E-state index in [1.807, 2.05) is 31.2 Å². The summed E-state index contributed by atoms with van der Waals surface area (Å²) in [5, 5.41) is 19.9. The summed E-state index contributed by atoms with van der Waals surface area (Å²) in [6.45, 7) is 8.14. The van der Waals surface area contributed by atoms with E-state index in [1.165, 1.54) is 25.1 Å². The number of unbranched alkanes of at least 4 members (excludes halogenated alkanes) is 2. The second-order valence-electron chi connectivity index (χ2n) is 16.4. The first-order valence-corrected chi connectivity index (χ1v) is 22.8. The normalized spacial score (nSPS) is 16.2. The number of ether oxygens (including phenoxy) is 3. The summed E-state index contributed by atoms with van der Waals surface area (Å²) < 4.78 is 18.1. The van der Waals surface area contributed by atoms with Gasteiger partial charge in [0.1, 0.15) is 61.2 Å². The molecule has 0 aliphatic carbocycles. The fourth-order valence-electron chi connectivity index (χ4n) is 7.70. The van der Waals surface area contributed by atoms with Gasteiger partial charge in [-0.1, -0.05) is 31.9 Å². The number of amides is 5. The lowest BCUT2D eigenvalue weighted by Gasteiger charge is -2.32. The summed E-state index contributed by atoms with van der Waals surface area (Å²) in [5.41, 5.74) is 21.7. The van der Waals surface area contributed by atoms with Crippen LogP contribution in [0.25, 0.3) is 22.5 Å². The van der Waals surface area contributed by atoms with Crippen molar-refractivity contribution in [2.45, 2.75) is 84.0 Å². The van der Waals surface area contributed by atoms with Gasteiger partial charge < -0.3 is 57.6 Å². The lowest BCUT2D eigenvalue weighted by molar-refractivity contribution is -0.141. The van der Waals surface area contributed by atoms with E-state index in [0.717, 1.165) is 36.1 Å². The number of fused-ring (bicyclic) bond motifs is 5. The van der Waals surface area contributed by atoms with Gasteiger partial charge in [-0.15, -0.1) is 0 Å². The highest BCUT2D eigenvalue weighted by Crippen LogP contribution is 2.40. The van der Waals surface area contributed by atoms with Gasteiger partial charge in [-0.2, -0.15) is 5.26 Å². The van der Waals surface area contributed by atoms with E-state index >= 15 is 0 Å². The van der Waals surface area contributed by atoms with Crippen molar-refractivity contribution < 1.29 is 38.2 Å². The van der Waals surface area contributed by atoms with Crippen molar-refractivity contribution in [3.63, 3.8) is 0 Å². The number of hydrogen-bond donors (Lipinski definition) is 7. The number of aryl methyl sites for hydroxylation is 2. The molecule has 1 aliphatic heterocycles. The van der Waals surface area contributed by atoms with Gasteiger partial charge in [0.25, 0.3) is 5.91 Å². The molecule has 2 heterocycles. The number of rotatable bonds is 20. The molecule has 0 spiro atoms. The maximum absolute atomic E-state index is 14.7. The average Bonchev–Trinajstić information content (AvgIpc) is 3.32. The molecule has 19 heteroatoms. The third kappa shape index (κ3) is 13.3. The number of nitrogens with one attached hydrogen (secondary N) is 4. The Morgan fingerprint density at radius 2 is 1.59 bits per heavy atom. The number of carbonyl (C=O) groups is 5. The van der Waals surface area contributed by atoms with Crippen LogP contribution >= 0.6 is 0 Å². The van der Waals surface area contributed by atoms with Crippen molar-refractivity contribution in [3.8, 4) is 45.8 Å². The Morgan fingerprint density at radius 3 is 2.24 bits per heavy atom. The molecule has 0 unspecified atom stereocenters. The molecule has 5 rings (SSSR count). The number of likely N-dealkylation sites (N-methyl/N-ethyl adjacent to an activating group) is 1. The Morgan fingerprint density at radius 1 is 0.882 bits per heavy atom. The zero-order valence-corrected chi connectivity index (χ0v) is 39.4. The molecule has 0 saturated carbocycles. The quantitative estimate of drug-likeness (QED) is 0.0495. The number of aromatic nitrogens is 2. The summed E-state index contributed by atoms with van der Waals surface area (Å²) in [5.74, 6) is -1.47. The van der Waals surface area contributed by atoms with Crippen LogP contribution in [0.1, 0.15) is 78.3 Å². The molecule has 4 aromatic rings. The zero-order valence-electron chi connectivity index (χ0n) is 39.4. The maximum Gasteiger partial charge on any atom is 0.255 e. The summed E-state index contributed by atoms with van der Waals surface area (Å²) in [7, 11) is 1.41. The third-order valence-corrected chi connectivity index (χ3v) is 11.3. The largest absolute Gasteiger partial charge is 0.494 e. The van der Waals surface area contributed by atoms with Gasteiger partial charge in [0.2, 0.25) is 23.6 Å². The van der Waals surface area contributed by atoms with Gasteiger partial charge in [0.15, 0.2) is 5.82 Å². The average molecular weight is 934 g/mol. The molecule has 68 heavy (non-hydrogen) atoms. The van der Waals surface area contributed by atoms with E-state index in [0.29, 0.717) is 51.9 Å². The van der Waals surface area contributed by atoms with Gasteiger partial charge >= 0.3 is 0 Å². The van der Waals surface area contributed by atoms with Crippen LogP contribution in [0.5, 0.6) is 17.2 Å². The van der Waals surface area contributed by atoms with Crippen molar-refractivity contribution >= 4 is 29.5 Å². The van der Waals surface area contributed by atoms with Crippen molar-refractivity contribution in [1.82, 2.24) is 36.1 Å². The molecule has 0 radical (unpaired) electrons. The van der Waals surface area contributed by atoms with Crippen molar-refractivity contribution in [1.29, 1.82) is 5.26 Å². The minimum atomic E-state index is -1.41. The molecule has 19 nitrogen and oxygen atoms in total. The van der Waals surface area contributed by atoms with E-state index < -0.39 is 53.7 Å². The molecule has 0 fully saturated rings. The first kappa shape index (κ1) is 51.8. The van der Waals surface area contributed by atoms with Crippen LogP contribution in [0.3, 0.4) is 0 Å². The van der Waals surface area contributed by atoms with Gasteiger partial charge in [0.05, 0.1) is 23.9 Å². The number of hydrogen-bond acceptors (Lipinski definition) is 14. The molecule has 1 aromatic heterocycles. The number of nitrogens with two attached hydrogens (primary N) is 3. The van der Waals surface area contributed by atoms with E-state index in [9.17, 15) is 29.2 Å². The van der Waals surface area contributed by atoms with Crippen molar-refractivity contribution in [3.05, 3.63) is 88.7 Å². The van der Waals surface area contributed by atoms with Crippen LogP contribution in [0.2, 0.25) is 0 Å². The predicted molar refractivity (Wildman–Crippen MR) is 255 cm³/mol. The Kier molecular flexibility index (Phi) is 19.2. The van der Waals surface area contributed by atoms with Crippen LogP contribution < -0.4 is 52.7 Å². The van der Waals surface area contributed by atoms with Crippen LogP contribution in [0.4, 0.5) is 0 Å². The van der Waals surface area contributed by atoms with Crippen LogP contribution in [0.15, 0.2) is 60.8 Å². The Bertz CT molecular complexity index is 2480. The molecule has 1 aliphatic rings. The maximum atomic E-state index is 14.7. The van der Waals surface area contributed by atoms with E-state index in [4.69, 9.17) is 31.4 Å². The first-order valence-electron chi connectivity index (χ1n) is 22.8. The number of benzene rings is 3. The summed E-state index contributed by atoms with van der Waals surface area (Å²) >= 11 is 0. The highest BCUT2D eigenvalue weighted by Gasteiger charge is 2.36. The van der Waals surface area contributed by atoms with Crippen molar-refractivity contribution in [2.24, 2.45) is 17.2 Å². The number of nitriles is 1. The fourth-order valence-corrected chi connectivity index (χ4v) is 7.70. The van der Waals surface area contributed by atoms with Gasteiger partial charge in [-0.25, -0.2) is 9.97 Å². The van der Waals surface area contributed by atoms with E-state index in [2.05, 4.69) is 38.2 Å². The molecule has 5 amide bonds. The van der Waals surface area contributed by atoms with E-state index in [-0.39, 0.29) is 57.8 Å². The van der Waals surface area contributed by atoms with Gasteiger partial charge in [0, 0.05) is 49.4 Å². The predicted octanol–water partition coefficient (Wildman–Crippen LogP) is 2.50. The minimum absolute atomic E-state index is 0.000962. The first-order chi connectivity index (χ1) is 32.7. The lowest BCUT2D eigenvalue weighted by atomic mass is 9.93. The number of nitrogens with zero attached hydrogens (tertiary/aromatic N) is 4. The van der Waals surface area contributed by atoms with Crippen LogP contribution in [-0.4, -0.2) is 116 Å². The minimum Gasteiger partial charge on any atom is -0.494 e. The molecular formula is C49H63N11O8. The molecule has 3 aromatic carbocycles. The lowest BCUT2D eigenvalue weighted by Crippen LogP contribution is -2.56. The second kappa shape index (κ2) is 25.1. The molecule has 0 saturated heterocycles. The van der Waals surface area contributed by atoms with E-state index in [1.54, 1.807) is 43.3 Å². The zero-order chi connectivity index (χ0) is 49.3. The Balaban J connectivity index is 1.52. The Labute approximate surface area is 396 Å². The van der Waals surface area contributed by atoms with Crippen LogP contribution in [-0.2, 0) is 25.6 Å². The highest BCUT2D eigenvalue weighted by atomic mass is 16.5. The standard InChI is InChI=1S/C49H63N11O8/c1-6-7-8-21-66-34-11-12-35(29(2)24-34)44-55-28-38(30(3)56-44)46(62)58-39(15-16-50)49(65)60(5)43-33-10-14-42(68-23-19-53)37(27-33)36-25-32(9-13-41(36)67-22-18-52)26-40(47(63)54-20-17-51)59-45(61)31(4)57-48(43)64/h9-14,24-25,27-28,31,39-40,43H,6-8,15-16,18-23,26,50,52-53H2,1-5H3,(H,54,63)(H,57,64)(H,58,62)(H,59,61)/t31-,39-,40-,43-/m0/s1. The highest BCUT2D eigenvalue weighted by molar-refractivity contribution is 6.00. The molecule has 4 atom stereocenters. The van der Waals surface area contributed by atoms with Crippen LogP contribution in [0, 0.1) is 25.2 Å². The molecular weight excluding hydrogens is 871 g/mol. The summed E-state index contributed by atoms with van der Waals surface area (Å²) in [6, 6.07) is 12.7. The third-order valence-electron chi connectivity index (χ3n) is 11.3. The summed E-state index contributed by atoms with van der Waals surface area (Å²) in [6.07, 6.45) is 4.54. The van der Waals surface area contributed by atoms with Gasteiger partial charge in [-0.05, 0) is 99.3 Å². The van der Waals surface area contributed by atoms with Crippen molar-refractivity contribution in [2.75, 3.05) is 53.0 Å². The molecule has 362 valence electrons. The smallest absolute Gasteiger partial charge is 0.255 e. The summed E-state index contributed by atoms with van der Waals surface area (Å²) in [4.78, 5) is 80.7. The monoisotopic (exact) mass is 933 g/mol. The fraction of sp³-hybridized carbons (Fsp3) is 0.429. The number of carbonyl (C=O) groups excluding carboxylic acids is 5. The second-order valence-corrected chi connectivity index (χ2v) is 16.4.